The molecule has 2 atom stereocenters. The van der Waals surface area contributed by atoms with Gasteiger partial charge in [0.25, 0.3) is 0 Å². The summed E-state index contributed by atoms with van der Waals surface area (Å²) in [6, 6.07) is 20.3. The van der Waals surface area contributed by atoms with E-state index >= 15 is 0 Å². The van der Waals surface area contributed by atoms with Crippen LogP contribution in [0.4, 0.5) is 11.4 Å². The van der Waals surface area contributed by atoms with Gasteiger partial charge in [0.15, 0.2) is 5.11 Å². The zero-order valence-electron chi connectivity index (χ0n) is 22.7. The molecule has 5 rings (SSSR count). The molecule has 3 aromatic rings. The van der Waals surface area contributed by atoms with Gasteiger partial charge in [-0.1, -0.05) is 30.3 Å². The number of aromatic nitrogens is 1. The molecule has 2 aliphatic rings. The normalized spacial score (nSPS) is 20.0. The third kappa shape index (κ3) is 5.03. The molecule has 0 radical (unpaired) electrons. The summed E-state index contributed by atoms with van der Waals surface area (Å²) >= 11 is 5.82. The van der Waals surface area contributed by atoms with Crippen LogP contribution in [0, 0.1) is 6.92 Å². The molecular formula is C31H35N5OS. The highest BCUT2D eigenvalue weighted by Gasteiger charge is 2.40. The van der Waals surface area contributed by atoms with Gasteiger partial charge in [0.05, 0.1) is 23.3 Å². The average molecular weight is 526 g/mol. The van der Waals surface area contributed by atoms with Crippen molar-refractivity contribution in [1.29, 1.82) is 0 Å². The Labute approximate surface area is 230 Å². The Morgan fingerprint density at radius 3 is 2.66 bits per heavy atom. The van der Waals surface area contributed by atoms with Crippen molar-refractivity contribution in [3.63, 3.8) is 0 Å². The number of pyridine rings is 1. The maximum absolute atomic E-state index is 12.9. The largest absolute Gasteiger partial charge is 0.366 e. The zero-order chi connectivity index (χ0) is 27.0. The first-order chi connectivity index (χ1) is 18.1. The fraction of sp³-hybridized carbons (Fsp3) is 0.323. The second kappa shape index (κ2) is 10.2. The Morgan fingerprint density at radius 1 is 1.11 bits per heavy atom. The molecule has 2 aromatic carbocycles. The van der Waals surface area contributed by atoms with Gasteiger partial charge in [0.1, 0.15) is 0 Å². The lowest BCUT2D eigenvalue weighted by Gasteiger charge is -2.41. The number of amides is 1. The first kappa shape index (κ1) is 25.9. The second-order valence-electron chi connectivity index (χ2n) is 10.8. The van der Waals surface area contributed by atoms with Crippen molar-refractivity contribution in [2.45, 2.75) is 51.7 Å². The van der Waals surface area contributed by atoms with Crippen molar-refractivity contribution in [2.75, 3.05) is 23.8 Å². The van der Waals surface area contributed by atoms with E-state index in [1.54, 1.807) is 0 Å². The van der Waals surface area contributed by atoms with E-state index in [-0.39, 0.29) is 23.5 Å². The molecule has 0 spiro atoms. The Hall–Kier alpha value is -3.71. The lowest BCUT2D eigenvalue weighted by atomic mass is 9.86. The number of aryl methyl sites for hydroxylation is 1. The predicted octanol–water partition coefficient (Wildman–Crippen LogP) is 6.02. The van der Waals surface area contributed by atoms with Crippen LogP contribution in [0.3, 0.4) is 0 Å². The molecule has 3 heterocycles. The molecule has 1 amide bonds. The van der Waals surface area contributed by atoms with Crippen LogP contribution < -0.4 is 15.5 Å². The summed E-state index contributed by atoms with van der Waals surface area (Å²) in [7, 11) is 2.14. The van der Waals surface area contributed by atoms with Crippen molar-refractivity contribution in [1.82, 2.24) is 15.2 Å². The van der Waals surface area contributed by atoms with Crippen LogP contribution in [0.5, 0.6) is 0 Å². The number of rotatable bonds is 6. The molecule has 2 N–H and O–H groups in total. The molecule has 7 heteroatoms. The number of fused-ring (bicyclic) bond motifs is 1. The summed E-state index contributed by atoms with van der Waals surface area (Å²) in [4.78, 5) is 22.0. The first-order valence-electron chi connectivity index (χ1n) is 13.1. The van der Waals surface area contributed by atoms with E-state index in [4.69, 9.17) is 12.2 Å². The van der Waals surface area contributed by atoms with Gasteiger partial charge in [-0.2, -0.15) is 0 Å². The molecule has 6 nitrogen and oxygen atoms in total. The van der Waals surface area contributed by atoms with Gasteiger partial charge < -0.3 is 20.4 Å². The minimum Gasteiger partial charge on any atom is -0.366 e. The third-order valence-electron chi connectivity index (χ3n) is 7.66. The van der Waals surface area contributed by atoms with Gasteiger partial charge in [0.2, 0.25) is 5.91 Å². The molecule has 0 saturated carbocycles. The molecule has 1 saturated heterocycles. The molecule has 0 aliphatic carbocycles. The Kier molecular flexibility index (Phi) is 6.97. The summed E-state index contributed by atoms with van der Waals surface area (Å²) in [6.07, 6.45) is 4.45. The molecule has 0 bridgehead atoms. The van der Waals surface area contributed by atoms with Crippen molar-refractivity contribution < 1.29 is 4.79 Å². The van der Waals surface area contributed by atoms with E-state index in [0.29, 0.717) is 18.1 Å². The topological polar surface area (TPSA) is 60.5 Å². The molecule has 38 heavy (non-hydrogen) atoms. The maximum atomic E-state index is 12.9. The van der Waals surface area contributed by atoms with Gasteiger partial charge >= 0.3 is 0 Å². The van der Waals surface area contributed by atoms with E-state index in [1.165, 1.54) is 16.8 Å². The minimum atomic E-state index is -0.122. The van der Waals surface area contributed by atoms with E-state index in [0.717, 1.165) is 22.5 Å². The average Bonchev–Trinajstić information content (AvgIpc) is 3.22. The fourth-order valence-electron chi connectivity index (χ4n) is 5.54. The summed E-state index contributed by atoms with van der Waals surface area (Å²) in [5, 5.41) is 7.16. The number of anilines is 2. The quantitative estimate of drug-likeness (QED) is 0.384. The van der Waals surface area contributed by atoms with E-state index in [2.05, 4.69) is 77.5 Å². The Morgan fingerprint density at radius 2 is 1.92 bits per heavy atom. The van der Waals surface area contributed by atoms with Gasteiger partial charge in [-0.15, -0.1) is 0 Å². The third-order valence-corrected chi connectivity index (χ3v) is 8.01. The Balaban J connectivity index is 1.45. The number of hydrogen-bond acceptors (Lipinski definition) is 4. The number of nitrogens with zero attached hydrogens (tertiary/aromatic N) is 3. The van der Waals surface area contributed by atoms with Crippen LogP contribution in [-0.2, 0) is 4.79 Å². The van der Waals surface area contributed by atoms with Gasteiger partial charge in [-0.3, -0.25) is 9.78 Å². The highest BCUT2D eigenvalue weighted by molar-refractivity contribution is 7.80. The monoisotopic (exact) mass is 525 g/mol. The SMILES string of the molecule is CC1=CC(C)(C)N(C)c2ccc([C@@H]3[C@H](c4ccccn4)NC(=S)N3CCC(=O)Nc3cccc(C)c3)cc21. The number of nitrogens with one attached hydrogen (secondary N) is 2. The van der Waals surface area contributed by atoms with Crippen LogP contribution in [0.1, 0.15) is 61.7 Å². The van der Waals surface area contributed by atoms with Crippen LogP contribution in [0.2, 0.25) is 0 Å². The highest BCUT2D eigenvalue weighted by Crippen LogP contribution is 2.43. The summed E-state index contributed by atoms with van der Waals surface area (Å²) in [6.45, 7) is 9.15. The first-order valence-corrected chi connectivity index (χ1v) is 13.5. The number of allylic oxidation sites excluding steroid dienone is 1. The molecule has 196 valence electrons. The van der Waals surface area contributed by atoms with Gasteiger partial charge in [0, 0.05) is 43.1 Å². The van der Waals surface area contributed by atoms with E-state index < -0.39 is 0 Å². The zero-order valence-corrected chi connectivity index (χ0v) is 23.5. The lowest BCUT2D eigenvalue weighted by Crippen LogP contribution is -2.42. The van der Waals surface area contributed by atoms with Gasteiger partial charge in [-0.25, -0.2) is 0 Å². The molecule has 1 aromatic heterocycles. The van der Waals surface area contributed by atoms with Crippen LogP contribution in [0.15, 0.2) is 72.9 Å². The van der Waals surface area contributed by atoms with Crippen LogP contribution in [0.25, 0.3) is 5.57 Å². The maximum Gasteiger partial charge on any atom is 0.226 e. The van der Waals surface area contributed by atoms with Crippen molar-refractivity contribution >= 4 is 40.2 Å². The predicted molar refractivity (Wildman–Crippen MR) is 159 cm³/mol. The number of benzene rings is 2. The summed E-state index contributed by atoms with van der Waals surface area (Å²) in [5.74, 6) is -0.0356. The number of carbonyl (C=O) groups excluding carboxylic acids is 1. The van der Waals surface area contributed by atoms with Gasteiger partial charge in [-0.05, 0) is 93.0 Å². The van der Waals surface area contributed by atoms with Crippen molar-refractivity contribution in [2.24, 2.45) is 0 Å². The standard InChI is InChI=1S/C31H35N5OS/c1-20-9-8-10-23(17-20)33-27(37)14-16-36-29(28(34-30(36)38)25-11-6-7-15-32-25)22-12-13-26-24(18-22)21(2)19-31(3,4)35(26)5/h6-13,15,17-19,28-29H,14,16H2,1-5H3,(H,33,37)(H,34,38)/t28-,29+/m0/s1. The van der Waals surface area contributed by atoms with E-state index in [1.807, 2.05) is 55.6 Å². The van der Waals surface area contributed by atoms with Crippen LogP contribution in [-0.4, -0.2) is 40.0 Å². The van der Waals surface area contributed by atoms with Crippen molar-refractivity contribution in [3.05, 3.63) is 95.3 Å². The minimum absolute atomic E-state index is 0.0356. The smallest absolute Gasteiger partial charge is 0.226 e. The van der Waals surface area contributed by atoms with Crippen LogP contribution >= 0.6 is 12.2 Å². The summed E-state index contributed by atoms with van der Waals surface area (Å²) < 4.78 is 0. The number of likely N-dealkylation sites (N-methyl/N-ethyl adjacent to an activating group) is 1. The Bertz CT molecular complexity index is 1400. The number of thiocarbonyl (C=S) groups is 1. The second-order valence-corrected chi connectivity index (χ2v) is 11.2. The highest BCUT2D eigenvalue weighted by atomic mass is 32.1. The summed E-state index contributed by atoms with van der Waals surface area (Å²) in [5.41, 5.74) is 7.63. The van der Waals surface area contributed by atoms with E-state index in [9.17, 15) is 4.79 Å². The van der Waals surface area contributed by atoms with Crippen molar-refractivity contribution in [3.8, 4) is 0 Å². The lowest BCUT2D eigenvalue weighted by molar-refractivity contribution is -0.116. The number of carbonyl (C=O) groups is 1. The molecule has 1 fully saturated rings. The molecule has 0 unspecified atom stereocenters. The molecule has 2 aliphatic heterocycles. The molecular weight excluding hydrogens is 490 g/mol. The fourth-order valence-corrected chi connectivity index (χ4v) is 5.87. The number of hydrogen-bond donors (Lipinski definition) is 2.